The van der Waals surface area contributed by atoms with Gasteiger partial charge in [-0.2, -0.15) is 0 Å². The van der Waals surface area contributed by atoms with E-state index in [2.05, 4.69) is 15.9 Å². The minimum atomic E-state index is -0.0853. The number of halogens is 1. The molecule has 0 spiro atoms. The monoisotopic (exact) mass is 272 g/mol. The first-order valence-corrected chi connectivity index (χ1v) is 6.02. The van der Waals surface area contributed by atoms with Gasteiger partial charge in [-0.15, -0.1) is 11.8 Å². The lowest BCUT2D eigenvalue weighted by Crippen LogP contribution is -2.08. The number of rotatable bonds is 2. The lowest BCUT2D eigenvalue weighted by Gasteiger charge is -2.04. The van der Waals surface area contributed by atoms with Gasteiger partial charge in [0.25, 0.3) is 0 Å². The van der Waals surface area contributed by atoms with Crippen molar-refractivity contribution in [3.63, 3.8) is 0 Å². The van der Waals surface area contributed by atoms with Crippen LogP contribution in [0.25, 0.3) is 0 Å². The molecule has 14 heavy (non-hydrogen) atoms. The van der Waals surface area contributed by atoms with Crippen LogP contribution in [0.4, 0.5) is 0 Å². The number of carbonyl (C=O) groups excluding carboxylic acids is 1. The van der Waals surface area contributed by atoms with E-state index in [9.17, 15) is 4.79 Å². The summed E-state index contributed by atoms with van der Waals surface area (Å²) in [5.41, 5.74) is 0. The first kappa shape index (κ1) is 10.1. The van der Waals surface area contributed by atoms with Gasteiger partial charge < -0.3 is 4.74 Å². The second-order valence-electron chi connectivity index (χ2n) is 3.02. The Morgan fingerprint density at radius 3 is 2.64 bits per heavy atom. The summed E-state index contributed by atoms with van der Waals surface area (Å²) in [5.74, 6) is -0.0853. The van der Waals surface area contributed by atoms with Crippen molar-refractivity contribution in [1.29, 1.82) is 0 Å². The van der Waals surface area contributed by atoms with Crippen LogP contribution in [0.3, 0.4) is 0 Å². The van der Waals surface area contributed by atoms with Gasteiger partial charge in [-0.25, -0.2) is 0 Å². The van der Waals surface area contributed by atoms with E-state index in [0.29, 0.717) is 6.61 Å². The molecule has 0 aromatic heterocycles. The van der Waals surface area contributed by atoms with E-state index in [1.165, 1.54) is 0 Å². The van der Waals surface area contributed by atoms with Gasteiger partial charge >= 0.3 is 5.97 Å². The van der Waals surface area contributed by atoms with Gasteiger partial charge in [0.15, 0.2) is 0 Å². The predicted molar refractivity (Wildman–Crippen MR) is 59.4 cm³/mol. The van der Waals surface area contributed by atoms with Gasteiger partial charge in [-0.1, -0.05) is 15.9 Å². The molecule has 4 heteroatoms. The number of hydrogen-bond donors (Lipinski definition) is 0. The van der Waals surface area contributed by atoms with Crippen molar-refractivity contribution in [2.24, 2.45) is 0 Å². The van der Waals surface area contributed by atoms with Crippen molar-refractivity contribution >= 4 is 33.7 Å². The molecule has 1 atom stereocenters. The quantitative estimate of drug-likeness (QED) is 0.775. The highest BCUT2D eigenvalue weighted by atomic mass is 79.9. The van der Waals surface area contributed by atoms with E-state index in [1.54, 1.807) is 11.8 Å². The first-order valence-electron chi connectivity index (χ1n) is 4.34. The second kappa shape index (κ2) is 4.36. The van der Waals surface area contributed by atoms with Crippen molar-refractivity contribution < 1.29 is 9.53 Å². The topological polar surface area (TPSA) is 26.3 Å². The number of benzene rings is 1. The summed E-state index contributed by atoms with van der Waals surface area (Å²) in [5, 5.41) is -0.0174. The van der Waals surface area contributed by atoms with E-state index >= 15 is 0 Å². The minimum Gasteiger partial charge on any atom is -0.465 e. The van der Waals surface area contributed by atoms with Gasteiger partial charge in [0, 0.05) is 15.8 Å². The van der Waals surface area contributed by atoms with E-state index in [1.807, 2.05) is 24.3 Å². The van der Waals surface area contributed by atoms with E-state index in [-0.39, 0.29) is 11.2 Å². The number of carbonyl (C=O) groups is 1. The van der Waals surface area contributed by atoms with Crippen molar-refractivity contribution in [3.8, 4) is 0 Å². The van der Waals surface area contributed by atoms with Crippen LogP contribution in [0.2, 0.25) is 0 Å². The first-order chi connectivity index (χ1) is 6.75. The highest BCUT2D eigenvalue weighted by molar-refractivity contribution is 9.10. The van der Waals surface area contributed by atoms with Gasteiger partial charge in [-0.3, -0.25) is 4.79 Å². The summed E-state index contributed by atoms with van der Waals surface area (Å²) in [6.07, 6.45) is 0.819. The van der Waals surface area contributed by atoms with Gasteiger partial charge in [-0.05, 0) is 24.3 Å². The Balaban J connectivity index is 2.03. The second-order valence-corrected chi connectivity index (χ2v) is 5.21. The zero-order valence-electron chi connectivity index (χ0n) is 7.40. The lowest BCUT2D eigenvalue weighted by molar-refractivity contribution is -0.137. The molecule has 1 aromatic rings. The Hall–Kier alpha value is -0.480. The highest BCUT2D eigenvalue weighted by Gasteiger charge is 2.27. The fourth-order valence-corrected chi connectivity index (χ4v) is 2.53. The molecule has 1 saturated heterocycles. The summed E-state index contributed by atoms with van der Waals surface area (Å²) in [4.78, 5) is 12.3. The number of cyclic esters (lactones) is 1. The number of hydrogen-bond acceptors (Lipinski definition) is 3. The molecule has 1 heterocycles. The summed E-state index contributed by atoms with van der Waals surface area (Å²) < 4.78 is 5.94. The van der Waals surface area contributed by atoms with Crippen LogP contribution in [-0.4, -0.2) is 17.8 Å². The maximum Gasteiger partial charge on any atom is 0.319 e. The molecule has 2 rings (SSSR count). The Morgan fingerprint density at radius 1 is 1.36 bits per heavy atom. The standard InChI is InChI=1S/C10H9BrO2S/c11-7-1-3-8(4-2-7)14-9-5-6-13-10(9)12/h1-4,9H,5-6H2. The molecule has 1 aromatic carbocycles. The third-order valence-corrected chi connectivity index (χ3v) is 3.76. The average Bonchev–Trinajstić information content (AvgIpc) is 2.56. The van der Waals surface area contributed by atoms with Crippen LogP contribution < -0.4 is 0 Å². The van der Waals surface area contributed by atoms with E-state index in [0.717, 1.165) is 15.8 Å². The van der Waals surface area contributed by atoms with Crippen LogP contribution in [0.5, 0.6) is 0 Å². The third kappa shape index (κ3) is 2.30. The molecule has 74 valence electrons. The normalized spacial score (nSPS) is 20.9. The third-order valence-electron chi connectivity index (χ3n) is 1.98. The maximum atomic E-state index is 11.2. The molecule has 0 amide bonds. The molecule has 0 aliphatic carbocycles. The van der Waals surface area contributed by atoms with Crippen LogP contribution in [0, 0.1) is 0 Å². The van der Waals surface area contributed by atoms with E-state index < -0.39 is 0 Å². The number of ether oxygens (including phenoxy) is 1. The Kier molecular flexibility index (Phi) is 3.13. The largest absolute Gasteiger partial charge is 0.465 e. The molecule has 1 aliphatic heterocycles. The Morgan fingerprint density at radius 2 is 2.07 bits per heavy atom. The fraction of sp³-hybridized carbons (Fsp3) is 0.300. The van der Waals surface area contributed by atoms with Crippen molar-refractivity contribution in [2.45, 2.75) is 16.6 Å². The predicted octanol–water partition coefficient (Wildman–Crippen LogP) is 2.86. The van der Waals surface area contributed by atoms with Crippen LogP contribution in [-0.2, 0) is 9.53 Å². The van der Waals surface area contributed by atoms with Crippen LogP contribution >= 0.6 is 27.7 Å². The Bertz CT molecular complexity index is 336. The maximum absolute atomic E-state index is 11.2. The highest BCUT2D eigenvalue weighted by Crippen LogP contribution is 2.30. The van der Waals surface area contributed by atoms with Crippen molar-refractivity contribution in [1.82, 2.24) is 0 Å². The minimum absolute atomic E-state index is 0.0174. The average molecular weight is 273 g/mol. The zero-order chi connectivity index (χ0) is 9.97. The van der Waals surface area contributed by atoms with Gasteiger partial charge in [0.1, 0.15) is 5.25 Å². The molecular formula is C10H9BrO2S. The van der Waals surface area contributed by atoms with Crippen LogP contribution in [0.15, 0.2) is 33.6 Å². The van der Waals surface area contributed by atoms with E-state index in [4.69, 9.17) is 4.74 Å². The number of thioether (sulfide) groups is 1. The SMILES string of the molecule is O=C1OCCC1Sc1ccc(Br)cc1. The molecule has 1 fully saturated rings. The Labute approximate surface area is 95.2 Å². The molecule has 1 unspecified atom stereocenters. The fourth-order valence-electron chi connectivity index (χ4n) is 1.26. The number of esters is 1. The summed E-state index contributed by atoms with van der Waals surface area (Å²) in [7, 11) is 0. The molecule has 1 aliphatic rings. The van der Waals surface area contributed by atoms with Gasteiger partial charge in [0.05, 0.1) is 6.61 Å². The zero-order valence-corrected chi connectivity index (χ0v) is 9.81. The summed E-state index contributed by atoms with van der Waals surface area (Å²) in [6, 6.07) is 7.95. The van der Waals surface area contributed by atoms with Crippen molar-refractivity contribution in [3.05, 3.63) is 28.7 Å². The molecule has 0 bridgehead atoms. The van der Waals surface area contributed by atoms with Crippen LogP contribution in [0.1, 0.15) is 6.42 Å². The summed E-state index contributed by atoms with van der Waals surface area (Å²) in [6.45, 7) is 0.563. The molecule has 0 radical (unpaired) electrons. The smallest absolute Gasteiger partial charge is 0.319 e. The molecule has 0 N–H and O–H groups in total. The molecule has 2 nitrogen and oxygen atoms in total. The van der Waals surface area contributed by atoms with Crippen molar-refractivity contribution in [2.75, 3.05) is 6.61 Å². The lowest BCUT2D eigenvalue weighted by atomic mass is 10.4. The molecule has 0 saturated carbocycles. The molecular weight excluding hydrogens is 264 g/mol. The summed E-state index contributed by atoms with van der Waals surface area (Å²) >= 11 is 4.94. The van der Waals surface area contributed by atoms with Gasteiger partial charge in [0.2, 0.25) is 0 Å².